The predicted molar refractivity (Wildman–Crippen MR) is 93.3 cm³/mol. The van der Waals surface area contributed by atoms with Crippen LogP contribution in [-0.2, 0) is 18.3 Å². The van der Waals surface area contributed by atoms with Gasteiger partial charge in [0.1, 0.15) is 11.9 Å². The lowest BCUT2D eigenvalue weighted by Crippen LogP contribution is -2.31. The fraction of sp³-hybridized carbons (Fsp3) is 0.444. The minimum atomic E-state index is 0.00831. The average molecular weight is 348 g/mol. The Balaban J connectivity index is 1.51. The molecule has 1 aliphatic heterocycles. The van der Waals surface area contributed by atoms with Crippen molar-refractivity contribution in [2.75, 3.05) is 13.1 Å². The number of para-hydroxylation sites is 1. The van der Waals surface area contributed by atoms with Crippen molar-refractivity contribution in [3.8, 4) is 5.75 Å². The van der Waals surface area contributed by atoms with Crippen LogP contribution in [0.5, 0.6) is 5.75 Å². The zero-order valence-electron chi connectivity index (χ0n) is 14.0. The van der Waals surface area contributed by atoms with Crippen LogP contribution >= 0.6 is 11.6 Å². The number of nitrogens with zero attached hydrogens (tertiary/aromatic N) is 3. The minimum Gasteiger partial charge on any atom is -0.487 e. The van der Waals surface area contributed by atoms with E-state index in [-0.39, 0.29) is 12.0 Å². The van der Waals surface area contributed by atoms with Gasteiger partial charge in [-0.25, -0.2) is 0 Å². The van der Waals surface area contributed by atoms with Crippen LogP contribution in [0.3, 0.4) is 0 Å². The molecule has 3 rings (SSSR count). The molecule has 0 radical (unpaired) electrons. The first kappa shape index (κ1) is 16.8. The van der Waals surface area contributed by atoms with Crippen LogP contribution in [0.2, 0.25) is 5.02 Å². The number of carbonyl (C=O) groups is 1. The standard InChI is InChI=1S/C18H22ClN3O2/c1-13-14(11-20-21(13)2)7-8-18(23)22-10-9-15(12-22)24-17-6-4-3-5-16(17)19/h3-6,11,15H,7-10,12H2,1-2H3. The van der Waals surface area contributed by atoms with Crippen molar-refractivity contribution < 1.29 is 9.53 Å². The van der Waals surface area contributed by atoms with Crippen LogP contribution in [-0.4, -0.2) is 39.8 Å². The number of carbonyl (C=O) groups excluding carboxylic acids is 1. The first-order valence-corrected chi connectivity index (χ1v) is 8.59. The van der Waals surface area contributed by atoms with E-state index in [1.54, 1.807) is 0 Å². The van der Waals surface area contributed by atoms with E-state index >= 15 is 0 Å². The smallest absolute Gasteiger partial charge is 0.223 e. The predicted octanol–water partition coefficient (Wildman–Crippen LogP) is 2.99. The van der Waals surface area contributed by atoms with Gasteiger partial charge in [0, 0.05) is 32.1 Å². The molecule has 1 aromatic heterocycles. The SMILES string of the molecule is Cc1c(CCC(=O)N2CCC(Oc3ccccc3Cl)C2)cnn1C. The molecule has 5 nitrogen and oxygen atoms in total. The zero-order chi connectivity index (χ0) is 17.1. The van der Waals surface area contributed by atoms with Gasteiger partial charge in [-0.3, -0.25) is 9.48 Å². The van der Waals surface area contributed by atoms with Gasteiger partial charge in [0.2, 0.25) is 5.91 Å². The Morgan fingerprint density at radius 1 is 1.42 bits per heavy atom. The lowest BCUT2D eigenvalue weighted by atomic mass is 10.1. The number of amides is 1. The third-order valence-corrected chi connectivity index (χ3v) is 4.89. The van der Waals surface area contributed by atoms with Gasteiger partial charge in [0.15, 0.2) is 0 Å². The first-order valence-electron chi connectivity index (χ1n) is 8.21. The highest BCUT2D eigenvalue weighted by Gasteiger charge is 2.27. The number of benzene rings is 1. The van der Waals surface area contributed by atoms with Gasteiger partial charge in [-0.2, -0.15) is 5.10 Å². The number of rotatable bonds is 5. The van der Waals surface area contributed by atoms with Crippen molar-refractivity contribution in [1.29, 1.82) is 0 Å². The summed E-state index contributed by atoms with van der Waals surface area (Å²) in [7, 11) is 1.91. The van der Waals surface area contributed by atoms with Gasteiger partial charge in [0.25, 0.3) is 0 Å². The van der Waals surface area contributed by atoms with Crippen molar-refractivity contribution in [2.24, 2.45) is 7.05 Å². The average Bonchev–Trinajstić information content (AvgIpc) is 3.16. The van der Waals surface area contributed by atoms with E-state index < -0.39 is 0 Å². The molecule has 24 heavy (non-hydrogen) atoms. The van der Waals surface area contributed by atoms with E-state index in [4.69, 9.17) is 16.3 Å². The van der Waals surface area contributed by atoms with Crippen molar-refractivity contribution in [2.45, 2.75) is 32.3 Å². The number of aromatic nitrogens is 2. The summed E-state index contributed by atoms with van der Waals surface area (Å²) in [6.07, 6.45) is 3.92. The molecule has 0 bridgehead atoms. The molecule has 1 aliphatic rings. The second-order valence-corrected chi connectivity index (χ2v) is 6.58. The minimum absolute atomic E-state index is 0.00831. The lowest BCUT2D eigenvalue weighted by molar-refractivity contribution is -0.130. The van der Waals surface area contributed by atoms with Crippen LogP contribution in [0.1, 0.15) is 24.1 Å². The number of halogens is 1. The molecule has 2 aromatic rings. The van der Waals surface area contributed by atoms with Gasteiger partial charge in [-0.15, -0.1) is 0 Å². The van der Waals surface area contributed by atoms with Crippen LogP contribution in [0.25, 0.3) is 0 Å². The third kappa shape index (κ3) is 3.73. The van der Waals surface area contributed by atoms with Crippen LogP contribution in [0, 0.1) is 6.92 Å². The summed E-state index contributed by atoms with van der Waals surface area (Å²) in [5.74, 6) is 0.855. The van der Waals surface area contributed by atoms with E-state index in [9.17, 15) is 4.79 Å². The topological polar surface area (TPSA) is 47.4 Å². The molecule has 2 heterocycles. The summed E-state index contributed by atoms with van der Waals surface area (Å²) in [5, 5.41) is 4.82. The Bertz CT molecular complexity index is 729. The molecule has 0 saturated carbocycles. The summed E-state index contributed by atoms with van der Waals surface area (Å²) in [4.78, 5) is 14.3. The summed E-state index contributed by atoms with van der Waals surface area (Å²) < 4.78 is 7.77. The number of hydrogen-bond donors (Lipinski definition) is 0. The fourth-order valence-electron chi connectivity index (χ4n) is 2.96. The Morgan fingerprint density at radius 3 is 2.92 bits per heavy atom. The molecule has 0 N–H and O–H groups in total. The maximum absolute atomic E-state index is 12.4. The van der Waals surface area contributed by atoms with Crippen LogP contribution in [0.4, 0.5) is 0 Å². The molecule has 6 heteroatoms. The third-order valence-electron chi connectivity index (χ3n) is 4.57. The van der Waals surface area contributed by atoms with E-state index in [1.807, 2.05) is 54.0 Å². The number of aryl methyl sites for hydroxylation is 2. The summed E-state index contributed by atoms with van der Waals surface area (Å²) in [5.41, 5.74) is 2.25. The van der Waals surface area contributed by atoms with E-state index in [2.05, 4.69) is 5.10 Å². The molecule has 1 atom stereocenters. The molecule has 128 valence electrons. The second kappa shape index (κ2) is 7.26. The number of hydrogen-bond acceptors (Lipinski definition) is 3. The molecule has 0 aliphatic carbocycles. The van der Waals surface area contributed by atoms with E-state index in [0.29, 0.717) is 23.7 Å². The van der Waals surface area contributed by atoms with Crippen molar-refractivity contribution >= 4 is 17.5 Å². The van der Waals surface area contributed by atoms with Crippen molar-refractivity contribution in [1.82, 2.24) is 14.7 Å². The Hall–Kier alpha value is -2.01. The van der Waals surface area contributed by atoms with E-state index in [0.717, 1.165) is 30.6 Å². The Morgan fingerprint density at radius 2 is 2.21 bits per heavy atom. The first-order chi connectivity index (χ1) is 11.5. The monoisotopic (exact) mass is 347 g/mol. The highest BCUT2D eigenvalue weighted by molar-refractivity contribution is 6.32. The molecule has 0 spiro atoms. The van der Waals surface area contributed by atoms with Gasteiger partial charge in [0.05, 0.1) is 17.8 Å². The number of likely N-dealkylation sites (tertiary alicyclic amines) is 1. The van der Waals surface area contributed by atoms with Gasteiger partial charge >= 0.3 is 0 Å². The molecule has 1 amide bonds. The summed E-state index contributed by atoms with van der Waals surface area (Å²) >= 11 is 6.12. The quantitative estimate of drug-likeness (QED) is 0.835. The maximum atomic E-state index is 12.4. The highest BCUT2D eigenvalue weighted by atomic mass is 35.5. The summed E-state index contributed by atoms with van der Waals surface area (Å²) in [6.45, 7) is 3.38. The maximum Gasteiger partial charge on any atom is 0.223 e. The normalized spacial score (nSPS) is 17.3. The molecule has 1 fully saturated rings. The fourth-order valence-corrected chi connectivity index (χ4v) is 3.14. The molecular weight excluding hydrogens is 326 g/mol. The van der Waals surface area contributed by atoms with Gasteiger partial charge < -0.3 is 9.64 Å². The van der Waals surface area contributed by atoms with Crippen molar-refractivity contribution in [3.05, 3.63) is 46.7 Å². The zero-order valence-corrected chi connectivity index (χ0v) is 14.8. The number of ether oxygens (including phenoxy) is 1. The second-order valence-electron chi connectivity index (χ2n) is 6.18. The molecule has 1 unspecified atom stereocenters. The lowest BCUT2D eigenvalue weighted by Gasteiger charge is -2.17. The van der Waals surface area contributed by atoms with Crippen LogP contribution < -0.4 is 4.74 Å². The highest BCUT2D eigenvalue weighted by Crippen LogP contribution is 2.26. The van der Waals surface area contributed by atoms with Gasteiger partial charge in [-0.1, -0.05) is 23.7 Å². The van der Waals surface area contributed by atoms with Crippen molar-refractivity contribution in [3.63, 3.8) is 0 Å². The molecule has 1 aromatic carbocycles. The summed E-state index contributed by atoms with van der Waals surface area (Å²) in [6, 6.07) is 7.44. The van der Waals surface area contributed by atoms with Gasteiger partial charge in [-0.05, 0) is 31.0 Å². The molecule has 1 saturated heterocycles. The van der Waals surface area contributed by atoms with Crippen LogP contribution in [0.15, 0.2) is 30.5 Å². The van der Waals surface area contributed by atoms with E-state index in [1.165, 1.54) is 0 Å². The Kier molecular flexibility index (Phi) is 5.09. The Labute approximate surface area is 147 Å². The molecular formula is C18H22ClN3O2. The largest absolute Gasteiger partial charge is 0.487 e.